The van der Waals surface area contributed by atoms with Crippen molar-refractivity contribution in [1.82, 2.24) is 15.2 Å². The first-order valence-electron chi connectivity index (χ1n) is 7.47. The van der Waals surface area contributed by atoms with Crippen molar-refractivity contribution in [3.05, 3.63) is 23.0 Å². The molecular weight excluding hydrogens is 311 g/mol. The van der Waals surface area contributed by atoms with Crippen LogP contribution >= 0.6 is 0 Å². The first kappa shape index (κ1) is 17.4. The largest absolute Gasteiger partial charge is 0.471 e. The Bertz CT molecular complexity index is 587. The number of H-pyrrole nitrogens is 1. The van der Waals surface area contributed by atoms with Gasteiger partial charge in [0.2, 0.25) is 5.91 Å². The monoisotopic (exact) mass is 331 g/mol. The lowest BCUT2D eigenvalue weighted by molar-refractivity contribution is -0.186. The van der Waals surface area contributed by atoms with Gasteiger partial charge in [0.1, 0.15) is 0 Å². The number of piperidine rings is 1. The van der Waals surface area contributed by atoms with Gasteiger partial charge in [0.05, 0.1) is 0 Å². The summed E-state index contributed by atoms with van der Waals surface area (Å²) in [4.78, 5) is 27.2. The summed E-state index contributed by atoms with van der Waals surface area (Å²) >= 11 is 0. The van der Waals surface area contributed by atoms with Gasteiger partial charge in [0, 0.05) is 36.9 Å². The second kappa shape index (κ2) is 6.64. The molecule has 0 aromatic carbocycles. The van der Waals surface area contributed by atoms with Gasteiger partial charge in [0.25, 0.3) is 0 Å². The second-order valence-corrected chi connectivity index (χ2v) is 5.88. The zero-order valence-electron chi connectivity index (χ0n) is 13.1. The minimum atomic E-state index is -4.85. The predicted octanol–water partition coefficient (Wildman–Crippen LogP) is 2.05. The third-order valence-corrected chi connectivity index (χ3v) is 4.11. The third kappa shape index (κ3) is 4.27. The Balaban J connectivity index is 1.82. The molecule has 0 spiro atoms. The fourth-order valence-corrected chi connectivity index (χ4v) is 2.82. The van der Waals surface area contributed by atoms with Gasteiger partial charge < -0.3 is 15.2 Å². The molecule has 2 amide bonds. The average molecular weight is 331 g/mol. The zero-order chi connectivity index (χ0) is 17.2. The van der Waals surface area contributed by atoms with Gasteiger partial charge in [0.15, 0.2) is 0 Å². The number of nitrogens with zero attached hydrogens (tertiary/aromatic N) is 1. The van der Waals surface area contributed by atoms with Gasteiger partial charge in [-0.05, 0) is 38.3 Å². The van der Waals surface area contributed by atoms with E-state index in [1.807, 2.05) is 19.9 Å². The minimum Gasteiger partial charge on any atom is -0.362 e. The van der Waals surface area contributed by atoms with Crippen molar-refractivity contribution in [3.8, 4) is 0 Å². The summed E-state index contributed by atoms with van der Waals surface area (Å²) in [5.74, 6) is -2.36. The van der Waals surface area contributed by atoms with Crippen LogP contribution in [0.3, 0.4) is 0 Å². The molecule has 0 saturated carbocycles. The normalized spacial score (nSPS) is 16.5. The topological polar surface area (TPSA) is 65.2 Å². The van der Waals surface area contributed by atoms with Gasteiger partial charge in [-0.2, -0.15) is 13.2 Å². The number of halogens is 3. The van der Waals surface area contributed by atoms with E-state index in [1.165, 1.54) is 0 Å². The molecule has 1 saturated heterocycles. The molecule has 0 aliphatic carbocycles. The van der Waals surface area contributed by atoms with Gasteiger partial charge >= 0.3 is 12.1 Å². The van der Waals surface area contributed by atoms with Crippen molar-refractivity contribution in [3.63, 3.8) is 0 Å². The smallest absolute Gasteiger partial charge is 0.362 e. The summed E-state index contributed by atoms with van der Waals surface area (Å²) in [6, 6.07) is 1.94. The van der Waals surface area contributed by atoms with Crippen LogP contribution in [0.25, 0.3) is 0 Å². The number of carbonyl (C=O) groups excluding carboxylic acids is 2. The Morgan fingerprint density at radius 1 is 1.30 bits per heavy atom. The minimum absolute atomic E-state index is 0.0429. The average Bonchev–Trinajstić information content (AvgIpc) is 2.81. The molecule has 1 aliphatic rings. The fraction of sp³-hybridized carbons (Fsp3) is 0.600. The van der Waals surface area contributed by atoms with Crippen LogP contribution in [0.5, 0.6) is 0 Å². The second-order valence-electron chi connectivity index (χ2n) is 5.88. The standard InChI is InChI=1S/C15H20F3N3O2/c1-9-7-12(10(2)20-9)8-19-13(22)11-3-5-21(6-4-11)14(23)15(16,17)18/h7,11,20H,3-6,8H2,1-2H3,(H,19,22). The number of aryl methyl sites for hydroxylation is 2. The number of nitrogens with one attached hydrogen (secondary N) is 2. The lowest BCUT2D eigenvalue weighted by Gasteiger charge is -2.31. The highest BCUT2D eigenvalue weighted by Crippen LogP contribution is 2.24. The number of alkyl halides is 3. The van der Waals surface area contributed by atoms with E-state index < -0.39 is 12.1 Å². The van der Waals surface area contributed by atoms with Crippen molar-refractivity contribution in [2.75, 3.05) is 13.1 Å². The van der Waals surface area contributed by atoms with Crippen LogP contribution in [0.15, 0.2) is 6.07 Å². The molecule has 0 unspecified atom stereocenters. The molecule has 1 aromatic heterocycles. The summed E-state index contributed by atoms with van der Waals surface area (Å²) in [5, 5.41) is 2.81. The SMILES string of the molecule is Cc1cc(CNC(=O)C2CCN(C(=O)C(F)(F)F)CC2)c(C)[nH]1. The molecule has 0 bridgehead atoms. The fourth-order valence-electron chi connectivity index (χ4n) is 2.82. The summed E-state index contributed by atoms with van der Waals surface area (Å²) in [6.45, 7) is 4.13. The van der Waals surface area contributed by atoms with Crippen LogP contribution in [0.2, 0.25) is 0 Å². The maximum Gasteiger partial charge on any atom is 0.471 e. The molecule has 1 fully saturated rings. The maximum absolute atomic E-state index is 12.4. The number of hydrogen-bond donors (Lipinski definition) is 2. The van der Waals surface area contributed by atoms with E-state index in [2.05, 4.69) is 10.3 Å². The molecule has 5 nitrogen and oxygen atoms in total. The van der Waals surface area contributed by atoms with Gasteiger partial charge in [-0.25, -0.2) is 0 Å². The molecular formula is C15H20F3N3O2. The summed E-state index contributed by atoms with van der Waals surface area (Å²) < 4.78 is 37.1. The Hall–Kier alpha value is -1.99. The highest BCUT2D eigenvalue weighted by atomic mass is 19.4. The zero-order valence-corrected chi connectivity index (χ0v) is 13.1. The number of rotatable bonds is 3. The van der Waals surface area contributed by atoms with Crippen LogP contribution in [-0.4, -0.2) is 41.0 Å². The maximum atomic E-state index is 12.4. The molecule has 23 heavy (non-hydrogen) atoms. The van der Waals surface area contributed by atoms with Crippen molar-refractivity contribution in [2.24, 2.45) is 5.92 Å². The Kier molecular flexibility index (Phi) is 5.01. The molecule has 1 aromatic rings. The molecule has 128 valence electrons. The first-order chi connectivity index (χ1) is 10.7. The van der Waals surface area contributed by atoms with Crippen molar-refractivity contribution >= 4 is 11.8 Å². The summed E-state index contributed by atoms with van der Waals surface area (Å²) in [6.07, 6.45) is -4.35. The van der Waals surface area contributed by atoms with Crippen LogP contribution in [-0.2, 0) is 16.1 Å². The number of aromatic amines is 1. The van der Waals surface area contributed by atoms with Crippen LogP contribution in [0.4, 0.5) is 13.2 Å². The molecule has 1 aliphatic heterocycles. The van der Waals surface area contributed by atoms with Gasteiger partial charge in [-0.15, -0.1) is 0 Å². The Labute approximate surface area is 132 Å². The lowest BCUT2D eigenvalue weighted by Crippen LogP contribution is -2.47. The van der Waals surface area contributed by atoms with Gasteiger partial charge in [-0.3, -0.25) is 9.59 Å². The molecule has 8 heteroatoms. The van der Waals surface area contributed by atoms with E-state index in [1.54, 1.807) is 0 Å². The lowest BCUT2D eigenvalue weighted by atomic mass is 9.95. The third-order valence-electron chi connectivity index (χ3n) is 4.11. The molecule has 0 atom stereocenters. The quantitative estimate of drug-likeness (QED) is 0.890. The van der Waals surface area contributed by atoms with Crippen LogP contribution in [0, 0.1) is 19.8 Å². The van der Waals surface area contributed by atoms with Crippen molar-refractivity contribution < 1.29 is 22.8 Å². The Morgan fingerprint density at radius 3 is 2.39 bits per heavy atom. The number of likely N-dealkylation sites (tertiary alicyclic amines) is 1. The van der Waals surface area contributed by atoms with Gasteiger partial charge in [-0.1, -0.05) is 0 Å². The highest BCUT2D eigenvalue weighted by Gasteiger charge is 2.43. The van der Waals surface area contributed by atoms with E-state index >= 15 is 0 Å². The van der Waals surface area contributed by atoms with Crippen molar-refractivity contribution in [2.45, 2.75) is 39.4 Å². The summed E-state index contributed by atoms with van der Waals surface area (Å²) in [5.41, 5.74) is 2.97. The van der Waals surface area contributed by atoms with E-state index in [0.29, 0.717) is 6.54 Å². The number of hydrogen-bond acceptors (Lipinski definition) is 2. The number of amides is 2. The van der Waals surface area contributed by atoms with Crippen LogP contribution in [0.1, 0.15) is 29.8 Å². The van der Waals surface area contributed by atoms with Crippen molar-refractivity contribution in [1.29, 1.82) is 0 Å². The van der Waals surface area contributed by atoms with E-state index in [4.69, 9.17) is 0 Å². The van der Waals surface area contributed by atoms with E-state index in [-0.39, 0.29) is 37.8 Å². The number of carbonyl (C=O) groups is 2. The van der Waals surface area contributed by atoms with Crippen LogP contribution < -0.4 is 5.32 Å². The molecule has 2 rings (SSSR count). The van der Waals surface area contributed by atoms with E-state index in [9.17, 15) is 22.8 Å². The summed E-state index contributed by atoms with van der Waals surface area (Å²) in [7, 11) is 0. The molecule has 2 N–H and O–H groups in total. The Morgan fingerprint density at radius 2 is 1.91 bits per heavy atom. The van der Waals surface area contributed by atoms with E-state index in [0.717, 1.165) is 21.9 Å². The number of aromatic nitrogens is 1. The first-order valence-corrected chi connectivity index (χ1v) is 7.47. The predicted molar refractivity (Wildman–Crippen MR) is 77.5 cm³/mol. The molecule has 0 radical (unpaired) electrons. The molecule has 2 heterocycles. The highest BCUT2D eigenvalue weighted by molar-refractivity contribution is 5.83.